The molecule has 1 aromatic rings. The number of hydrogen-bond acceptors (Lipinski definition) is 2. The number of nitrogens with zero attached hydrogens (tertiary/aromatic N) is 1. The monoisotopic (exact) mass is 502 g/mol. The molecule has 0 aromatic heterocycles. The van der Waals surface area contributed by atoms with Crippen molar-refractivity contribution in [1.29, 1.82) is 0 Å². The summed E-state index contributed by atoms with van der Waals surface area (Å²) in [5, 5.41) is 0. The van der Waals surface area contributed by atoms with Gasteiger partial charge < -0.3 is 17.9 Å². The topological polar surface area (TPSA) is 72.0 Å². The molecule has 0 amide bonds. The normalized spacial score (nSPS) is 20.0. The van der Waals surface area contributed by atoms with E-state index in [1.807, 2.05) is 29.4 Å². The molecule has 1 fully saturated rings. The number of benzene rings is 1. The zero-order chi connectivity index (χ0) is 19.9. The van der Waals surface area contributed by atoms with E-state index in [1.54, 1.807) is 0 Å². The first-order valence-corrected chi connectivity index (χ1v) is 13.0. The van der Waals surface area contributed by atoms with E-state index in [0.717, 1.165) is 31.2 Å². The first-order valence-electron chi connectivity index (χ1n) is 9.11. The van der Waals surface area contributed by atoms with Gasteiger partial charge in [-0.05, 0) is 28.5 Å². The molecule has 2 unspecified atom stereocenters. The van der Waals surface area contributed by atoms with Gasteiger partial charge in [-0.1, -0.05) is 71.6 Å². The van der Waals surface area contributed by atoms with E-state index >= 15 is 0 Å². The second kappa shape index (κ2) is 12.5. The number of halogens is 1. The Morgan fingerprint density at radius 3 is 2.00 bits per heavy atom. The van der Waals surface area contributed by atoms with Crippen molar-refractivity contribution in [2.75, 3.05) is 0 Å². The van der Waals surface area contributed by atoms with Gasteiger partial charge in [-0.3, -0.25) is 0 Å². The molecule has 0 heterocycles. The molecule has 1 N–H and O–H groups in total. The van der Waals surface area contributed by atoms with E-state index in [4.69, 9.17) is 5.73 Å². The van der Waals surface area contributed by atoms with Crippen molar-refractivity contribution in [3.63, 3.8) is 0 Å². The van der Waals surface area contributed by atoms with Gasteiger partial charge in [0.25, 0.3) is 0 Å². The van der Waals surface area contributed by atoms with E-state index in [0.29, 0.717) is 11.8 Å². The molecule has 1 saturated carbocycles. The van der Waals surface area contributed by atoms with Crippen molar-refractivity contribution in [2.24, 2.45) is 0 Å². The molecular weight excluding hydrogens is 469 g/mol. The van der Waals surface area contributed by atoms with Crippen LogP contribution >= 0.6 is 9.69 Å². The van der Waals surface area contributed by atoms with Crippen molar-refractivity contribution >= 4 is 19.7 Å². The van der Waals surface area contributed by atoms with E-state index in [-0.39, 0.29) is 25.3 Å². The molecule has 7 heteroatoms. The van der Waals surface area contributed by atoms with Gasteiger partial charge >= 0.3 is 27.0 Å². The fourth-order valence-electron chi connectivity index (χ4n) is 3.19. The van der Waals surface area contributed by atoms with Crippen molar-refractivity contribution in [2.45, 2.75) is 83.1 Å². The fraction of sp³-hybridized carbons (Fsp3) is 0.650. The predicted molar refractivity (Wildman–Crippen MR) is 113 cm³/mol. The van der Waals surface area contributed by atoms with E-state index in [2.05, 4.69) is 48.2 Å². The summed E-state index contributed by atoms with van der Waals surface area (Å²) in [6.07, 6.45) is 3.45. The average molecular weight is 502 g/mol. The standard InChI is InChI=1S/C19H30N2O2S.CH3.ClH.Ru/c1-13(2)16-9-15(10-17(11-16)14(3)4)12-24(22,23)21-19-8-6-5-7-18(19)20;;;/h9-11,13-14,18-20H,5-8,12H2,1-4H3;1H3;1H;/q-2;-1;;+4/p-1. The predicted octanol–water partition coefficient (Wildman–Crippen LogP) is 6.64. The van der Waals surface area contributed by atoms with E-state index in [1.165, 1.54) is 11.1 Å². The maximum atomic E-state index is 12.5. The third kappa shape index (κ3) is 8.91. The summed E-state index contributed by atoms with van der Waals surface area (Å²) in [5.41, 5.74) is 11.2. The van der Waals surface area contributed by atoms with Gasteiger partial charge in [0.2, 0.25) is 0 Å². The summed E-state index contributed by atoms with van der Waals surface area (Å²) in [7, 11) is 1.02. The van der Waals surface area contributed by atoms with Gasteiger partial charge in [-0.15, -0.1) is 6.04 Å². The van der Waals surface area contributed by atoms with Gasteiger partial charge in [0.1, 0.15) is 0 Å². The zero-order valence-electron chi connectivity index (χ0n) is 17.0. The third-order valence-corrected chi connectivity index (χ3v) is 6.04. The van der Waals surface area contributed by atoms with E-state index < -0.39 is 10.0 Å². The van der Waals surface area contributed by atoms with Crippen LogP contribution in [-0.4, -0.2) is 20.5 Å². The molecule has 2 rings (SSSR count). The Kier molecular flexibility index (Phi) is 12.5. The van der Waals surface area contributed by atoms with Crippen LogP contribution in [0.5, 0.6) is 0 Å². The summed E-state index contributed by atoms with van der Waals surface area (Å²) in [4.78, 5) is 0. The van der Waals surface area contributed by atoms with Crippen LogP contribution in [0.1, 0.15) is 81.9 Å². The molecule has 4 nitrogen and oxygen atoms in total. The Morgan fingerprint density at radius 2 is 1.56 bits per heavy atom. The van der Waals surface area contributed by atoms with Crippen LogP contribution in [-0.2, 0) is 33.1 Å². The Morgan fingerprint density at radius 1 is 1.07 bits per heavy atom. The van der Waals surface area contributed by atoms with Crippen molar-refractivity contribution < 1.29 is 25.7 Å². The van der Waals surface area contributed by atoms with Crippen LogP contribution < -0.4 is 0 Å². The second-order valence-corrected chi connectivity index (χ2v) is 9.27. The van der Waals surface area contributed by atoms with Crippen LogP contribution in [0.2, 0.25) is 0 Å². The molecule has 1 aromatic carbocycles. The molecule has 0 spiro atoms. The zero-order valence-corrected chi connectivity index (χ0v) is 20.3. The molecule has 1 aliphatic rings. The van der Waals surface area contributed by atoms with Gasteiger partial charge in [-0.2, -0.15) is 6.04 Å². The molecule has 156 valence electrons. The van der Waals surface area contributed by atoms with Crippen LogP contribution in [0, 0.1) is 7.43 Å². The van der Waals surface area contributed by atoms with Gasteiger partial charge in [0.15, 0.2) is 0 Å². The molecule has 0 bridgehead atoms. The summed E-state index contributed by atoms with van der Waals surface area (Å²) >= 11 is 1.82. The number of hydrogen-bond donors (Lipinski definition) is 0. The summed E-state index contributed by atoms with van der Waals surface area (Å²) in [6, 6.07) is 5.41. The summed E-state index contributed by atoms with van der Waals surface area (Å²) < 4.78 is 29.1. The summed E-state index contributed by atoms with van der Waals surface area (Å²) in [6.45, 7) is 8.48. The first kappa shape index (κ1) is 27.0. The molecule has 0 saturated heterocycles. The van der Waals surface area contributed by atoms with Crippen LogP contribution in [0.15, 0.2) is 18.2 Å². The molecule has 27 heavy (non-hydrogen) atoms. The fourth-order valence-corrected chi connectivity index (χ4v) is 4.51. The second-order valence-electron chi connectivity index (χ2n) is 7.61. The Hall–Kier alpha value is 0.00338. The number of nitrogens with one attached hydrogen (secondary N) is 1. The minimum atomic E-state index is -3.55. The third-order valence-electron chi connectivity index (χ3n) is 4.75. The van der Waals surface area contributed by atoms with E-state index in [9.17, 15) is 8.42 Å². The van der Waals surface area contributed by atoms with Crippen LogP contribution in [0.4, 0.5) is 0 Å². The van der Waals surface area contributed by atoms with Crippen LogP contribution in [0.25, 0.3) is 10.5 Å². The first-order chi connectivity index (χ1) is 12.2. The molecule has 0 aliphatic heterocycles. The van der Waals surface area contributed by atoms with Crippen molar-refractivity contribution in [3.05, 3.63) is 52.8 Å². The van der Waals surface area contributed by atoms with Crippen molar-refractivity contribution in [3.8, 4) is 0 Å². The molecule has 0 radical (unpaired) electrons. The Labute approximate surface area is 180 Å². The quantitative estimate of drug-likeness (QED) is 0.324. The van der Waals surface area contributed by atoms with Gasteiger partial charge in [0, 0.05) is 0 Å². The van der Waals surface area contributed by atoms with Crippen molar-refractivity contribution in [1.82, 2.24) is 0 Å². The molecule has 1 aliphatic carbocycles. The Bertz CT molecular complexity index is 640. The maximum absolute atomic E-state index is 12.5. The molecular formula is C20H33ClN2O2RuS. The number of sulfonamides is 1. The SMILES string of the molecule is CC(C)c1cc(CS(=O)(=O)[N-]C2CCCCC2[NH-])cc(C(C)C)c1.[CH3-].[Cl][Ru+3]. The molecule has 2 atom stereocenters. The van der Waals surface area contributed by atoms with Crippen LogP contribution in [0.3, 0.4) is 0 Å². The summed E-state index contributed by atoms with van der Waals surface area (Å²) in [5.74, 6) is 0.660. The number of rotatable bonds is 6. The van der Waals surface area contributed by atoms with Gasteiger partial charge in [0.05, 0.1) is 15.8 Å². The van der Waals surface area contributed by atoms with Gasteiger partial charge in [-0.25, -0.2) is 8.42 Å². The Balaban J connectivity index is 0.00000218. The average Bonchev–Trinajstić information content (AvgIpc) is 2.57. The minimum absolute atomic E-state index is 0.